The van der Waals surface area contributed by atoms with Gasteiger partial charge in [0.15, 0.2) is 4.90 Å². The molecule has 1 atom stereocenters. The number of benzene rings is 2. The fraction of sp³-hybridized carbons (Fsp3) is 0.143. The first-order chi connectivity index (χ1) is 10.8. The maximum absolute atomic E-state index is 12.1. The Kier molecular flexibility index (Phi) is 5.32. The SMILES string of the molecule is O=[N+]([O-])c1ccccc1S(=O)(=O)OCC(O)c1ccccc1Cl. The Balaban J connectivity index is 2.20. The van der Waals surface area contributed by atoms with E-state index < -0.39 is 38.3 Å². The molecule has 1 N–H and O–H groups in total. The summed E-state index contributed by atoms with van der Waals surface area (Å²) in [6.07, 6.45) is -1.29. The smallest absolute Gasteiger partial charge is 0.303 e. The molecule has 122 valence electrons. The normalized spacial score (nSPS) is 12.8. The number of aliphatic hydroxyl groups excluding tert-OH is 1. The van der Waals surface area contributed by atoms with Gasteiger partial charge in [-0.1, -0.05) is 41.9 Å². The van der Waals surface area contributed by atoms with Crippen molar-refractivity contribution in [2.24, 2.45) is 0 Å². The van der Waals surface area contributed by atoms with Gasteiger partial charge in [-0.05, 0) is 12.1 Å². The second-order valence-electron chi connectivity index (χ2n) is 4.50. The summed E-state index contributed by atoms with van der Waals surface area (Å²) in [5.41, 5.74) is -0.299. The maximum atomic E-state index is 12.1. The summed E-state index contributed by atoms with van der Waals surface area (Å²) in [6.45, 7) is -0.613. The van der Waals surface area contributed by atoms with E-state index in [1.165, 1.54) is 24.3 Å². The lowest BCUT2D eigenvalue weighted by Gasteiger charge is -2.13. The Morgan fingerprint density at radius 2 is 1.78 bits per heavy atom. The van der Waals surface area contributed by atoms with Gasteiger partial charge in [0.25, 0.3) is 5.69 Å². The maximum Gasteiger partial charge on any atom is 0.303 e. The number of aliphatic hydroxyl groups is 1. The number of nitro benzene ring substituents is 1. The van der Waals surface area contributed by atoms with Crippen LogP contribution in [0.3, 0.4) is 0 Å². The number of hydrogen-bond donors (Lipinski definition) is 1. The largest absolute Gasteiger partial charge is 0.386 e. The quantitative estimate of drug-likeness (QED) is 0.484. The molecule has 0 aliphatic heterocycles. The lowest BCUT2D eigenvalue weighted by atomic mass is 10.1. The molecule has 0 aromatic heterocycles. The molecule has 7 nitrogen and oxygen atoms in total. The zero-order chi connectivity index (χ0) is 17.0. The second-order valence-corrected chi connectivity index (χ2v) is 6.49. The third kappa shape index (κ3) is 4.05. The van der Waals surface area contributed by atoms with E-state index in [9.17, 15) is 23.6 Å². The third-order valence-electron chi connectivity index (χ3n) is 2.98. The Labute approximate surface area is 137 Å². The van der Waals surface area contributed by atoms with Gasteiger partial charge in [0.05, 0.1) is 11.5 Å². The van der Waals surface area contributed by atoms with Crippen LogP contribution in [-0.2, 0) is 14.3 Å². The zero-order valence-corrected chi connectivity index (χ0v) is 13.2. The van der Waals surface area contributed by atoms with Crippen molar-refractivity contribution in [3.63, 3.8) is 0 Å². The molecule has 23 heavy (non-hydrogen) atoms. The molecule has 0 spiro atoms. The molecule has 9 heteroatoms. The van der Waals surface area contributed by atoms with E-state index in [4.69, 9.17) is 15.8 Å². The second kappa shape index (κ2) is 7.05. The van der Waals surface area contributed by atoms with Crippen molar-refractivity contribution >= 4 is 27.4 Å². The first-order valence-electron chi connectivity index (χ1n) is 6.38. The molecular weight excluding hydrogens is 346 g/mol. The van der Waals surface area contributed by atoms with Gasteiger partial charge in [-0.2, -0.15) is 8.42 Å². The van der Waals surface area contributed by atoms with Gasteiger partial charge in [-0.15, -0.1) is 0 Å². The molecule has 0 fully saturated rings. The lowest BCUT2D eigenvalue weighted by Crippen LogP contribution is -2.14. The van der Waals surface area contributed by atoms with E-state index in [-0.39, 0.29) is 5.02 Å². The van der Waals surface area contributed by atoms with Crippen LogP contribution in [0.15, 0.2) is 53.4 Å². The fourth-order valence-electron chi connectivity index (χ4n) is 1.87. The van der Waals surface area contributed by atoms with E-state index in [0.717, 1.165) is 12.1 Å². The van der Waals surface area contributed by atoms with Gasteiger partial charge >= 0.3 is 10.1 Å². The van der Waals surface area contributed by atoms with Crippen molar-refractivity contribution in [1.82, 2.24) is 0 Å². The number of para-hydroxylation sites is 1. The van der Waals surface area contributed by atoms with E-state index in [1.54, 1.807) is 12.1 Å². The summed E-state index contributed by atoms with van der Waals surface area (Å²) in [5.74, 6) is 0. The number of hydrogen-bond acceptors (Lipinski definition) is 6. The lowest BCUT2D eigenvalue weighted by molar-refractivity contribution is -0.387. The van der Waals surface area contributed by atoms with Crippen LogP contribution in [0.4, 0.5) is 5.69 Å². The van der Waals surface area contributed by atoms with Gasteiger partial charge in [-0.3, -0.25) is 14.3 Å². The molecule has 2 rings (SSSR count). The van der Waals surface area contributed by atoms with Gasteiger partial charge in [-0.25, -0.2) is 0 Å². The summed E-state index contributed by atoms with van der Waals surface area (Å²) < 4.78 is 29.0. The van der Waals surface area contributed by atoms with Crippen LogP contribution in [0.25, 0.3) is 0 Å². The first-order valence-corrected chi connectivity index (χ1v) is 8.17. The average Bonchev–Trinajstić information content (AvgIpc) is 2.53. The van der Waals surface area contributed by atoms with Crippen LogP contribution >= 0.6 is 11.6 Å². The molecule has 1 unspecified atom stereocenters. The molecule has 2 aromatic rings. The highest BCUT2D eigenvalue weighted by Crippen LogP contribution is 2.27. The number of nitrogens with zero attached hydrogens (tertiary/aromatic N) is 1. The van der Waals surface area contributed by atoms with Gasteiger partial charge < -0.3 is 5.11 Å². The standard InChI is InChI=1S/C14H12ClNO6S/c15-11-6-2-1-5-10(11)13(17)9-22-23(20,21)14-8-4-3-7-12(14)16(18)19/h1-8,13,17H,9H2. The van der Waals surface area contributed by atoms with Crippen molar-refractivity contribution in [3.8, 4) is 0 Å². The van der Waals surface area contributed by atoms with Crippen LogP contribution in [0.2, 0.25) is 5.02 Å². The molecule has 0 bridgehead atoms. The van der Waals surface area contributed by atoms with Crippen molar-refractivity contribution in [3.05, 3.63) is 69.2 Å². The highest BCUT2D eigenvalue weighted by molar-refractivity contribution is 7.87. The highest BCUT2D eigenvalue weighted by Gasteiger charge is 2.27. The molecule has 0 saturated heterocycles. The number of rotatable bonds is 6. The predicted molar refractivity (Wildman–Crippen MR) is 82.6 cm³/mol. The Bertz CT molecular complexity index is 824. The van der Waals surface area contributed by atoms with Crippen LogP contribution in [0.5, 0.6) is 0 Å². The molecule has 2 aromatic carbocycles. The summed E-state index contributed by atoms with van der Waals surface area (Å²) >= 11 is 5.90. The molecular formula is C14H12ClNO6S. The van der Waals surface area contributed by atoms with Crippen molar-refractivity contribution in [1.29, 1.82) is 0 Å². The van der Waals surface area contributed by atoms with Crippen molar-refractivity contribution < 1.29 is 22.6 Å². The van der Waals surface area contributed by atoms with Gasteiger partial charge in [0.1, 0.15) is 6.10 Å². The predicted octanol–water partition coefficient (Wildman–Crippen LogP) is 2.69. The Morgan fingerprint density at radius 1 is 1.17 bits per heavy atom. The summed E-state index contributed by atoms with van der Waals surface area (Å²) in [5, 5.41) is 21.1. The minimum Gasteiger partial charge on any atom is -0.386 e. The molecule has 0 radical (unpaired) electrons. The minimum absolute atomic E-state index is 0.256. The van der Waals surface area contributed by atoms with Gasteiger partial charge in [0, 0.05) is 16.7 Å². The summed E-state index contributed by atoms with van der Waals surface area (Å²) in [4.78, 5) is 9.50. The van der Waals surface area contributed by atoms with Gasteiger partial charge in [0.2, 0.25) is 0 Å². The van der Waals surface area contributed by atoms with E-state index in [0.29, 0.717) is 5.56 Å². The average molecular weight is 358 g/mol. The van der Waals surface area contributed by atoms with Crippen LogP contribution in [0, 0.1) is 10.1 Å². The van der Waals surface area contributed by atoms with E-state index in [1.807, 2.05) is 0 Å². The van der Waals surface area contributed by atoms with Crippen LogP contribution in [-0.4, -0.2) is 25.1 Å². The fourth-order valence-corrected chi connectivity index (χ4v) is 3.21. The molecule has 0 saturated carbocycles. The molecule has 0 aliphatic rings. The Morgan fingerprint density at radius 3 is 2.43 bits per heavy atom. The monoisotopic (exact) mass is 357 g/mol. The van der Waals surface area contributed by atoms with Crippen molar-refractivity contribution in [2.45, 2.75) is 11.0 Å². The zero-order valence-electron chi connectivity index (χ0n) is 11.6. The van der Waals surface area contributed by atoms with E-state index >= 15 is 0 Å². The van der Waals surface area contributed by atoms with Crippen molar-refractivity contribution in [2.75, 3.05) is 6.61 Å². The first kappa shape index (κ1) is 17.4. The topological polar surface area (TPSA) is 107 Å². The van der Waals surface area contributed by atoms with Crippen LogP contribution < -0.4 is 0 Å². The Hall–Kier alpha value is -2.00. The number of nitro groups is 1. The van der Waals surface area contributed by atoms with E-state index in [2.05, 4.69) is 0 Å². The highest BCUT2D eigenvalue weighted by atomic mass is 35.5. The molecule has 0 heterocycles. The number of halogens is 1. The summed E-state index contributed by atoms with van der Waals surface area (Å²) in [6, 6.07) is 11.1. The molecule has 0 aliphatic carbocycles. The summed E-state index contributed by atoms with van der Waals surface area (Å²) in [7, 11) is -4.40. The third-order valence-corrected chi connectivity index (χ3v) is 4.65. The molecule has 0 amide bonds. The van der Waals surface area contributed by atoms with Crippen LogP contribution in [0.1, 0.15) is 11.7 Å². The minimum atomic E-state index is -4.40.